The Morgan fingerprint density at radius 2 is 1.84 bits per heavy atom. The molecule has 2 fully saturated rings. The van der Waals surface area contributed by atoms with E-state index in [2.05, 4.69) is 17.4 Å². The Hall–Kier alpha value is -1.02. The van der Waals surface area contributed by atoms with E-state index in [4.69, 9.17) is 11.6 Å². The molecule has 1 aromatic rings. The zero-order chi connectivity index (χ0) is 13.3. The number of hydrogen-bond donors (Lipinski definition) is 1. The number of amides is 1. The van der Waals surface area contributed by atoms with Crippen LogP contribution in [0.5, 0.6) is 0 Å². The van der Waals surface area contributed by atoms with E-state index in [1.165, 1.54) is 12.8 Å². The van der Waals surface area contributed by atoms with Crippen LogP contribution in [0.15, 0.2) is 30.3 Å². The molecule has 3 rings (SSSR count). The first-order chi connectivity index (χ1) is 9.21. The quantitative estimate of drug-likeness (QED) is 0.795. The number of alkyl halides is 1. The van der Waals surface area contributed by atoms with Crippen molar-refractivity contribution in [2.75, 3.05) is 12.4 Å². The summed E-state index contributed by atoms with van der Waals surface area (Å²) in [6.45, 7) is 0.799. The molecule has 102 valence electrons. The number of halogens is 1. The van der Waals surface area contributed by atoms with Gasteiger partial charge in [0.2, 0.25) is 5.91 Å². The van der Waals surface area contributed by atoms with Crippen molar-refractivity contribution in [3.05, 3.63) is 35.9 Å². The van der Waals surface area contributed by atoms with Crippen molar-refractivity contribution in [3.8, 4) is 0 Å². The molecule has 0 radical (unpaired) electrons. The summed E-state index contributed by atoms with van der Waals surface area (Å²) in [6, 6.07) is 10.2. The molecule has 2 aliphatic carbocycles. The molecule has 0 saturated heterocycles. The third kappa shape index (κ3) is 2.51. The second kappa shape index (κ2) is 4.82. The van der Waals surface area contributed by atoms with Gasteiger partial charge in [-0.15, -0.1) is 11.6 Å². The minimum Gasteiger partial charge on any atom is -0.355 e. The van der Waals surface area contributed by atoms with Crippen molar-refractivity contribution in [1.29, 1.82) is 0 Å². The molecule has 0 aliphatic heterocycles. The van der Waals surface area contributed by atoms with E-state index in [1.807, 2.05) is 18.2 Å². The molecule has 0 heterocycles. The number of nitrogens with one attached hydrogen (secondary N) is 1. The van der Waals surface area contributed by atoms with Gasteiger partial charge in [-0.05, 0) is 43.1 Å². The maximum absolute atomic E-state index is 12.5. The van der Waals surface area contributed by atoms with Gasteiger partial charge in [0.05, 0.1) is 5.41 Å². The van der Waals surface area contributed by atoms with Crippen LogP contribution in [0.1, 0.15) is 37.7 Å². The molecular formula is C16H20ClNO. The Labute approximate surface area is 119 Å². The summed E-state index contributed by atoms with van der Waals surface area (Å²) in [7, 11) is 0. The molecule has 2 nitrogen and oxygen atoms in total. The molecule has 2 aliphatic rings. The lowest BCUT2D eigenvalue weighted by molar-refractivity contribution is -0.123. The Kier molecular flexibility index (Phi) is 3.30. The lowest BCUT2D eigenvalue weighted by Crippen LogP contribution is -2.38. The molecule has 0 unspecified atom stereocenters. The molecule has 0 bridgehead atoms. The van der Waals surface area contributed by atoms with Crippen molar-refractivity contribution >= 4 is 17.5 Å². The first-order valence-electron chi connectivity index (χ1n) is 7.11. The molecule has 1 aromatic carbocycles. The van der Waals surface area contributed by atoms with Crippen LogP contribution in [0.25, 0.3) is 0 Å². The van der Waals surface area contributed by atoms with Gasteiger partial charge in [0.25, 0.3) is 0 Å². The summed E-state index contributed by atoms with van der Waals surface area (Å²) in [5.41, 5.74) is 1.23. The van der Waals surface area contributed by atoms with Gasteiger partial charge in [0, 0.05) is 12.4 Å². The number of hydrogen-bond acceptors (Lipinski definition) is 1. The van der Waals surface area contributed by atoms with E-state index < -0.39 is 0 Å². The summed E-state index contributed by atoms with van der Waals surface area (Å²) >= 11 is 5.83. The highest BCUT2D eigenvalue weighted by Crippen LogP contribution is 2.50. The minimum absolute atomic E-state index is 0.208. The molecule has 0 atom stereocenters. The summed E-state index contributed by atoms with van der Waals surface area (Å²) in [5.74, 6) is 0.902. The van der Waals surface area contributed by atoms with E-state index in [-0.39, 0.29) is 11.3 Å². The predicted octanol–water partition coefficient (Wildman–Crippen LogP) is 3.24. The fourth-order valence-electron chi connectivity index (χ4n) is 2.86. The standard InChI is InChI=1S/C16H20ClNO/c17-11-10-15(6-7-15)12-18-14(19)16(8-9-16)13-4-2-1-3-5-13/h1-5H,6-12H2,(H,18,19). The number of carbonyl (C=O) groups is 1. The van der Waals surface area contributed by atoms with Gasteiger partial charge in [-0.3, -0.25) is 4.79 Å². The third-order valence-electron chi connectivity index (χ3n) is 4.72. The molecule has 0 aromatic heterocycles. The van der Waals surface area contributed by atoms with E-state index in [0.29, 0.717) is 11.3 Å². The van der Waals surface area contributed by atoms with Gasteiger partial charge in [0.1, 0.15) is 0 Å². The normalized spacial score (nSPS) is 21.7. The fraction of sp³-hybridized carbons (Fsp3) is 0.562. The maximum atomic E-state index is 12.5. The number of benzene rings is 1. The smallest absolute Gasteiger partial charge is 0.230 e. The van der Waals surface area contributed by atoms with E-state index >= 15 is 0 Å². The van der Waals surface area contributed by atoms with Gasteiger partial charge in [-0.1, -0.05) is 30.3 Å². The van der Waals surface area contributed by atoms with Crippen molar-refractivity contribution in [3.63, 3.8) is 0 Å². The molecule has 1 amide bonds. The Balaban J connectivity index is 1.62. The number of carbonyl (C=O) groups excluding carboxylic acids is 1. The summed E-state index contributed by atoms with van der Waals surface area (Å²) in [4.78, 5) is 12.5. The van der Waals surface area contributed by atoms with E-state index in [9.17, 15) is 4.79 Å². The van der Waals surface area contributed by atoms with Crippen LogP contribution in [0.4, 0.5) is 0 Å². The summed E-state index contributed by atoms with van der Waals surface area (Å²) in [5, 5.41) is 3.17. The molecule has 2 saturated carbocycles. The van der Waals surface area contributed by atoms with Gasteiger partial charge in [-0.2, -0.15) is 0 Å². The zero-order valence-electron chi connectivity index (χ0n) is 11.1. The molecule has 19 heavy (non-hydrogen) atoms. The van der Waals surface area contributed by atoms with Crippen LogP contribution < -0.4 is 5.32 Å². The van der Waals surface area contributed by atoms with Crippen LogP contribution >= 0.6 is 11.6 Å². The summed E-state index contributed by atoms with van der Waals surface area (Å²) < 4.78 is 0. The van der Waals surface area contributed by atoms with E-state index in [1.54, 1.807) is 0 Å². The Morgan fingerprint density at radius 1 is 1.16 bits per heavy atom. The maximum Gasteiger partial charge on any atom is 0.230 e. The van der Waals surface area contributed by atoms with Crippen LogP contribution in [-0.2, 0) is 10.2 Å². The number of rotatable bonds is 6. The molecular weight excluding hydrogens is 258 g/mol. The largest absolute Gasteiger partial charge is 0.355 e. The summed E-state index contributed by atoms with van der Waals surface area (Å²) in [6.07, 6.45) is 5.39. The molecule has 0 spiro atoms. The van der Waals surface area contributed by atoms with Gasteiger partial charge < -0.3 is 5.32 Å². The van der Waals surface area contributed by atoms with E-state index in [0.717, 1.165) is 31.4 Å². The van der Waals surface area contributed by atoms with Crippen molar-refractivity contribution < 1.29 is 4.79 Å². The fourth-order valence-corrected chi connectivity index (χ4v) is 3.26. The molecule has 1 N–H and O–H groups in total. The Bertz CT molecular complexity index is 463. The van der Waals surface area contributed by atoms with Crippen molar-refractivity contribution in [1.82, 2.24) is 5.32 Å². The van der Waals surface area contributed by atoms with Crippen LogP contribution in [-0.4, -0.2) is 18.3 Å². The third-order valence-corrected chi connectivity index (χ3v) is 4.91. The lowest BCUT2D eigenvalue weighted by atomic mass is 9.94. The van der Waals surface area contributed by atoms with Crippen LogP contribution in [0, 0.1) is 5.41 Å². The Morgan fingerprint density at radius 3 is 2.37 bits per heavy atom. The SMILES string of the molecule is O=C(NCC1(CCCl)CC1)C1(c2ccccc2)CC1. The monoisotopic (exact) mass is 277 g/mol. The van der Waals surface area contributed by atoms with Crippen molar-refractivity contribution in [2.45, 2.75) is 37.5 Å². The van der Waals surface area contributed by atoms with Crippen LogP contribution in [0.2, 0.25) is 0 Å². The average molecular weight is 278 g/mol. The highest BCUT2D eigenvalue weighted by molar-refractivity contribution is 6.17. The average Bonchev–Trinajstić information content (AvgIpc) is 3.34. The topological polar surface area (TPSA) is 29.1 Å². The second-order valence-electron chi connectivity index (χ2n) is 6.07. The first kappa shape index (κ1) is 13.0. The van der Waals surface area contributed by atoms with Crippen molar-refractivity contribution in [2.24, 2.45) is 5.41 Å². The van der Waals surface area contributed by atoms with Gasteiger partial charge in [0.15, 0.2) is 0 Å². The lowest BCUT2D eigenvalue weighted by Gasteiger charge is -2.19. The van der Waals surface area contributed by atoms with Gasteiger partial charge in [-0.25, -0.2) is 0 Å². The van der Waals surface area contributed by atoms with Gasteiger partial charge >= 0.3 is 0 Å². The molecule has 3 heteroatoms. The first-order valence-corrected chi connectivity index (χ1v) is 7.64. The minimum atomic E-state index is -0.238. The zero-order valence-corrected chi connectivity index (χ0v) is 11.9. The highest BCUT2D eigenvalue weighted by Gasteiger charge is 2.52. The predicted molar refractivity (Wildman–Crippen MR) is 77.4 cm³/mol. The van der Waals surface area contributed by atoms with Crippen LogP contribution in [0.3, 0.4) is 0 Å². The second-order valence-corrected chi connectivity index (χ2v) is 6.45. The highest BCUT2D eigenvalue weighted by atomic mass is 35.5.